The molecule has 2 heterocycles. The minimum atomic E-state index is 0.225. The highest BCUT2D eigenvalue weighted by atomic mass is 15.3. The number of aryl methyl sites for hydroxylation is 1. The number of fused-ring (bicyclic) bond motifs is 1. The second kappa shape index (κ2) is 4.41. The van der Waals surface area contributed by atoms with Crippen LogP contribution in [-0.4, -0.2) is 50.8 Å². The van der Waals surface area contributed by atoms with Crippen molar-refractivity contribution in [3.8, 4) is 0 Å². The Hall–Kier alpha value is -1.69. The van der Waals surface area contributed by atoms with Crippen LogP contribution in [0.3, 0.4) is 0 Å². The summed E-state index contributed by atoms with van der Waals surface area (Å²) in [6.07, 6.45) is 4.56. The fourth-order valence-electron chi connectivity index (χ4n) is 3.27. The number of hydrogen-bond acceptors (Lipinski definition) is 5. The van der Waals surface area contributed by atoms with Gasteiger partial charge in [0.25, 0.3) is 0 Å². The highest BCUT2D eigenvalue weighted by Gasteiger charge is 2.49. The zero-order valence-electron chi connectivity index (χ0n) is 12.8. The third-order valence-corrected chi connectivity index (χ3v) is 4.68. The van der Waals surface area contributed by atoms with Crippen LogP contribution in [-0.2, 0) is 7.05 Å². The monoisotopic (exact) mass is 274 g/mol. The molecule has 1 saturated carbocycles. The van der Waals surface area contributed by atoms with Crippen molar-refractivity contribution in [2.75, 3.05) is 19.4 Å². The molecule has 2 atom stereocenters. The van der Waals surface area contributed by atoms with Crippen LogP contribution >= 0.6 is 0 Å². The van der Waals surface area contributed by atoms with Crippen LogP contribution in [0.15, 0.2) is 12.5 Å². The van der Waals surface area contributed by atoms with Crippen LogP contribution in [0, 0.1) is 5.41 Å². The molecule has 0 spiro atoms. The molecule has 20 heavy (non-hydrogen) atoms. The van der Waals surface area contributed by atoms with E-state index in [1.54, 1.807) is 11.0 Å². The van der Waals surface area contributed by atoms with E-state index in [1.165, 1.54) is 0 Å². The number of nitrogens with one attached hydrogen (secondary N) is 1. The molecule has 108 valence electrons. The van der Waals surface area contributed by atoms with Gasteiger partial charge in [0, 0.05) is 24.5 Å². The zero-order valence-corrected chi connectivity index (χ0v) is 12.8. The summed E-state index contributed by atoms with van der Waals surface area (Å²) in [5.74, 6) is 0.887. The van der Waals surface area contributed by atoms with Gasteiger partial charge in [0.2, 0.25) is 0 Å². The molecule has 0 bridgehead atoms. The first kappa shape index (κ1) is 13.3. The van der Waals surface area contributed by atoms with E-state index in [2.05, 4.69) is 53.2 Å². The van der Waals surface area contributed by atoms with E-state index in [4.69, 9.17) is 0 Å². The molecule has 1 aliphatic carbocycles. The summed E-state index contributed by atoms with van der Waals surface area (Å²) in [5.41, 5.74) is 1.09. The van der Waals surface area contributed by atoms with E-state index >= 15 is 0 Å². The van der Waals surface area contributed by atoms with Gasteiger partial charge in [-0.05, 0) is 20.5 Å². The predicted octanol–water partition coefficient (Wildman–Crippen LogP) is 1.50. The Morgan fingerprint density at radius 3 is 2.75 bits per heavy atom. The molecule has 0 saturated heterocycles. The van der Waals surface area contributed by atoms with Crippen LogP contribution in [0.1, 0.15) is 20.3 Å². The highest BCUT2D eigenvalue weighted by Crippen LogP contribution is 2.44. The van der Waals surface area contributed by atoms with E-state index < -0.39 is 0 Å². The summed E-state index contributed by atoms with van der Waals surface area (Å²) in [6, 6.07) is 1.03. The minimum Gasteiger partial charge on any atom is -0.366 e. The Morgan fingerprint density at radius 2 is 2.10 bits per heavy atom. The first-order valence-electron chi connectivity index (χ1n) is 6.97. The molecule has 3 rings (SSSR count). The van der Waals surface area contributed by atoms with Gasteiger partial charge in [-0.2, -0.15) is 5.10 Å². The van der Waals surface area contributed by atoms with E-state index in [0.717, 1.165) is 23.3 Å². The maximum Gasteiger partial charge on any atom is 0.163 e. The average Bonchev–Trinajstić information content (AvgIpc) is 2.76. The molecule has 6 nitrogen and oxygen atoms in total. The zero-order chi connectivity index (χ0) is 14.5. The van der Waals surface area contributed by atoms with Crippen LogP contribution in [0.2, 0.25) is 0 Å². The highest BCUT2D eigenvalue weighted by molar-refractivity contribution is 5.86. The topological polar surface area (TPSA) is 58.9 Å². The van der Waals surface area contributed by atoms with Gasteiger partial charge >= 0.3 is 0 Å². The molecule has 2 unspecified atom stereocenters. The Balaban J connectivity index is 1.85. The molecule has 0 aromatic carbocycles. The Labute approximate surface area is 119 Å². The van der Waals surface area contributed by atoms with Gasteiger partial charge in [0.1, 0.15) is 12.1 Å². The van der Waals surface area contributed by atoms with Crippen molar-refractivity contribution < 1.29 is 0 Å². The molecule has 1 aliphatic rings. The van der Waals surface area contributed by atoms with Crippen molar-refractivity contribution in [3.05, 3.63) is 12.5 Å². The molecule has 0 radical (unpaired) electrons. The average molecular weight is 274 g/mol. The lowest BCUT2D eigenvalue weighted by molar-refractivity contribution is 0.0149. The summed E-state index contributed by atoms with van der Waals surface area (Å²) in [5, 5.41) is 8.82. The van der Waals surface area contributed by atoms with Crippen molar-refractivity contribution in [1.82, 2.24) is 24.6 Å². The fraction of sp³-hybridized carbons (Fsp3) is 0.643. The lowest BCUT2D eigenvalue weighted by Crippen LogP contribution is -2.62. The van der Waals surface area contributed by atoms with Crippen molar-refractivity contribution in [2.24, 2.45) is 12.5 Å². The summed E-state index contributed by atoms with van der Waals surface area (Å²) >= 11 is 0. The van der Waals surface area contributed by atoms with Crippen molar-refractivity contribution in [3.63, 3.8) is 0 Å². The molecular weight excluding hydrogens is 252 g/mol. The molecule has 0 amide bonds. The van der Waals surface area contributed by atoms with E-state index in [-0.39, 0.29) is 5.41 Å². The number of aromatic nitrogens is 4. The summed E-state index contributed by atoms with van der Waals surface area (Å²) < 4.78 is 1.77. The fourth-order valence-corrected chi connectivity index (χ4v) is 3.27. The van der Waals surface area contributed by atoms with Gasteiger partial charge in [-0.25, -0.2) is 9.97 Å². The first-order chi connectivity index (χ1) is 9.41. The Morgan fingerprint density at radius 1 is 1.35 bits per heavy atom. The van der Waals surface area contributed by atoms with E-state index in [9.17, 15) is 0 Å². The summed E-state index contributed by atoms with van der Waals surface area (Å²) in [6.45, 7) is 4.61. The minimum absolute atomic E-state index is 0.225. The van der Waals surface area contributed by atoms with Crippen molar-refractivity contribution in [1.29, 1.82) is 0 Å². The first-order valence-corrected chi connectivity index (χ1v) is 6.97. The summed E-state index contributed by atoms with van der Waals surface area (Å²) in [4.78, 5) is 11.0. The molecule has 1 fully saturated rings. The standard InChI is InChI=1S/C14H22N6/c1-14(2)10(6-11(14)19(3)4)18-12-9-7-17-20(5)13(9)16-8-15-12/h7-8,10-11H,6H2,1-5H3,(H,15,16,18). The van der Waals surface area contributed by atoms with Crippen LogP contribution < -0.4 is 5.32 Å². The van der Waals surface area contributed by atoms with Gasteiger partial charge in [0.05, 0.1) is 11.6 Å². The third kappa shape index (κ3) is 1.86. The van der Waals surface area contributed by atoms with Gasteiger partial charge in [0.15, 0.2) is 5.65 Å². The Bertz CT molecular complexity index is 630. The maximum atomic E-state index is 4.39. The molecule has 2 aromatic heterocycles. The number of rotatable bonds is 3. The van der Waals surface area contributed by atoms with Crippen LogP contribution in [0.5, 0.6) is 0 Å². The van der Waals surface area contributed by atoms with Gasteiger partial charge in [-0.15, -0.1) is 0 Å². The van der Waals surface area contributed by atoms with Gasteiger partial charge in [-0.1, -0.05) is 13.8 Å². The summed E-state index contributed by atoms with van der Waals surface area (Å²) in [7, 11) is 6.19. The third-order valence-electron chi connectivity index (χ3n) is 4.68. The lowest BCUT2D eigenvalue weighted by atomic mass is 9.62. The molecule has 6 heteroatoms. The van der Waals surface area contributed by atoms with E-state index in [0.29, 0.717) is 12.1 Å². The SMILES string of the molecule is CN(C)C1CC(Nc2ncnc3c2cnn3C)C1(C)C. The normalized spacial score (nSPS) is 24.9. The number of nitrogens with zero attached hydrogens (tertiary/aromatic N) is 5. The smallest absolute Gasteiger partial charge is 0.163 e. The second-order valence-electron chi connectivity index (χ2n) is 6.46. The largest absolute Gasteiger partial charge is 0.366 e. The van der Waals surface area contributed by atoms with Gasteiger partial charge < -0.3 is 10.2 Å². The second-order valence-corrected chi connectivity index (χ2v) is 6.46. The maximum absolute atomic E-state index is 4.39. The molecule has 2 aromatic rings. The molecule has 1 N–H and O–H groups in total. The van der Waals surface area contributed by atoms with E-state index in [1.807, 2.05) is 13.2 Å². The number of anilines is 1. The lowest BCUT2D eigenvalue weighted by Gasteiger charge is -2.55. The Kier molecular flexibility index (Phi) is 2.93. The predicted molar refractivity (Wildman–Crippen MR) is 79.6 cm³/mol. The van der Waals surface area contributed by atoms with Crippen molar-refractivity contribution >= 4 is 16.9 Å². The molecular formula is C14H22N6. The van der Waals surface area contributed by atoms with Gasteiger partial charge in [-0.3, -0.25) is 4.68 Å². The van der Waals surface area contributed by atoms with Crippen molar-refractivity contribution in [2.45, 2.75) is 32.4 Å². The molecule has 0 aliphatic heterocycles. The van der Waals surface area contributed by atoms with Crippen LogP contribution in [0.25, 0.3) is 11.0 Å². The van der Waals surface area contributed by atoms with Crippen LogP contribution in [0.4, 0.5) is 5.82 Å². The number of hydrogen-bond donors (Lipinski definition) is 1. The quantitative estimate of drug-likeness (QED) is 0.919.